The first kappa shape index (κ1) is 24.8. The molecule has 3 N–H and O–H groups in total. The van der Waals surface area contributed by atoms with Crippen molar-refractivity contribution >= 4 is 63.7 Å². The first-order valence-corrected chi connectivity index (χ1v) is 12.7. The molecule has 1 amide bonds. The van der Waals surface area contributed by atoms with Crippen molar-refractivity contribution in [1.82, 2.24) is 0 Å². The van der Waals surface area contributed by atoms with Gasteiger partial charge in [0.1, 0.15) is 5.25 Å². The molecular formula is C28H24ClN3OS2. The number of anilines is 3. The van der Waals surface area contributed by atoms with Gasteiger partial charge in [0.15, 0.2) is 5.11 Å². The third-order valence-corrected chi connectivity index (χ3v) is 7.14. The minimum absolute atomic E-state index is 0.109. The third kappa shape index (κ3) is 6.85. The Morgan fingerprint density at radius 3 is 2.03 bits per heavy atom. The minimum atomic E-state index is -0.436. The predicted molar refractivity (Wildman–Crippen MR) is 153 cm³/mol. The van der Waals surface area contributed by atoms with E-state index in [2.05, 4.69) is 16.0 Å². The Labute approximate surface area is 220 Å². The van der Waals surface area contributed by atoms with E-state index in [0.717, 1.165) is 27.4 Å². The van der Waals surface area contributed by atoms with E-state index >= 15 is 0 Å². The number of hydrogen-bond acceptors (Lipinski definition) is 3. The Hall–Kier alpha value is -3.32. The summed E-state index contributed by atoms with van der Waals surface area (Å²) in [6, 6.07) is 32.9. The quantitative estimate of drug-likeness (QED) is 0.172. The van der Waals surface area contributed by atoms with Crippen molar-refractivity contribution in [2.24, 2.45) is 0 Å². The van der Waals surface area contributed by atoms with Gasteiger partial charge in [-0.15, -0.1) is 11.8 Å². The van der Waals surface area contributed by atoms with Gasteiger partial charge in [0, 0.05) is 27.0 Å². The highest BCUT2D eigenvalue weighted by Gasteiger charge is 2.23. The number of hydrogen-bond donors (Lipinski definition) is 3. The molecule has 0 aliphatic heterocycles. The Kier molecular flexibility index (Phi) is 8.42. The molecule has 7 heteroatoms. The molecule has 0 aliphatic rings. The first-order valence-electron chi connectivity index (χ1n) is 11.0. The van der Waals surface area contributed by atoms with Gasteiger partial charge in [0.25, 0.3) is 0 Å². The zero-order valence-corrected chi connectivity index (χ0v) is 21.4. The molecule has 0 saturated carbocycles. The summed E-state index contributed by atoms with van der Waals surface area (Å²) >= 11 is 13.1. The average molecular weight is 518 g/mol. The van der Waals surface area contributed by atoms with Gasteiger partial charge in [-0.05, 0) is 78.8 Å². The van der Waals surface area contributed by atoms with Crippen LogP contribution in [0.5, 0.6) is 0 Å². The van der Waals surface area contributed by atoms with E-state index in [1.807, 2.05) is 110 Å². The van der Waals surface area contributed by atoms with Crippen LogP contribution in [-0.4, -0.2) is 11.0 Å². The highest BCUT2D eigenvalue weighted by atomic mass is 35.5. The van der Waals surface area contributed by atoms with Gasteiger partial charge in [0.2, 0.25) is 5.91 Å². The smallest absolute Gasteiger partial charge is 0.242 e. The molecule has 176 valence electrons. The lowest BCUT2D eigenvalue weighted by molar-refractivity contribution is -0.115. The molecule has 0 bridgehead atoms. The molecule has 0 spiro atoms. The summed E-state index contributed by atoms with van der Waals surface area (Å²) in [6.45, 7) is 1.89. The summed E-state index contributed by atoms with van der Waals surface area (Å²) in [5, 5.41) is 10.1. The SMILES string of the molecule is Cc1c(Cl)cccc1NC(=O)C(Sc1ccc(NC(=S)Nc2ccccc2)cc1)c1ccccc1. The maximum Gasteiger partial charge on any atom is 0.242 e. The summed E-state index contributed by atoms with van der Waals surface area (Å²) in [5.74, 6) is -0.109. The zero-order chi connectivity index (χ0) is 24.6. The normalized spacial score (nSPS) is 11.4. The number of thiocarbonyl (C=S) groups is 1. The summed E-state index contributed by atoms with van der Waals surface area (Å²) in [5.41, 5.74) is 4.25. The number of thioether (sulfide) groups is 1. The fraction of sp³-hybridized carbons (Fsp3) is 0.0714. The number of benzene rings is 4. The highest BCUT2D eigenvalue weighted by molar-refractivity contribution is 8.00. The molecule has 0 aliphatic carbocycles. The van der Waals surface area contributed by atoms with E-state index < -0.39 is 5.25 Å². The number of rotatable bonds is 7. The number of carbonyl (C=O) groups excluding carboxylic acids is 1. The number of halogens is 1. The summed E-state index contributed by atoms with van der Waals surface area (Å²) in [4.78, 5) is 14.3. The van der Waals surface area contributed by atoms with Crippen LogP contribution in [0.2, 0.25) is 5.02 Å². The molecule has 4 rings (SSSR count). The molecule has 0 saturated heterocycles. The van der Waals surface area contributed by atoms with Crippen molar-refractivity contribution < 1.29 is 4.79 Å². The van der Waals surface area contributed by atoms with Gasteiger partial charge in [-0.3, -0.25) is 4.79 Å². The molecule has 4 aromatic rings. The van der Waals surface area contributed by atoms with Crippen molar-refractivity contribution in [3.8, 4) is 0 Å². The molecule has 1 unspecified atom stereocenters. The summed E-state index contributed by atoms with van der Waals surface area (Å²) in [7, 11) is 0. The third-order valence-electron chi connectivity index (χ3n) is 5.26. The molecular weight excluding hydrogens is 494 g/mol. The molecule has 1 atom stereocenters. The highest BCUT2D eigenvalue weighted by Crippen LogP contribution is 2.37. The monoisotopic (exact) mass is 517 g/mol. The van der Waals surface area contributed by atoms with Gasteiger partial charge >= 0.3 is 0 Å². The second-order valence-corrected chi connectivity index (χ2v) is 9.77. The van der Waals surface area contributed by atoms with Crippen molar-refractivity contribution in [2.45, 2.75) is 17.1 Å². The standard InChI is InChI=1S/C28H24ClN3OS2/c1-19-24(29)13-8-14-25(19)32-27(33)26(20-9-4-2-5-10-20)35-23-17-15-22(16-18-23)31-28(34)30-21-11-6-3-7-12-21/h2-18,26H,1H3,(H,32,33)(H2,30,31,34). The van der Waals surface area contributed by atoms with Crippen LogP contribution in [0.1, 0.15) is 16.4 Å². The molecule has 0 aromatic heterocycles. The van der Waals surface area contributed by atoms with Crippen LogP contribution in [-0.2, 0) is 4.79 Å². The minimum Gasteiger partial charge on any atom is -0.332 e. The fourth-order valence-corrected chi connectivity index (χ4v) is 4.84. The predicted octanol–water partition coefficient (Wildman–Crippen LogP) is 7.93. The lowest BCUT2D eigenvalue weighted by Crippen LogP contribution is -2.19. The Morgan fingerprint density at radius 2 is 1.37 bits per heavy atom. The lowest BCUT2D eigenvalue weighted by atomic mass is 10.1. The van der Waals surface area contributed by atoms with Crippen LogP contribution in [0, 0.1) is 6.92 Å². The zero-order valence-electron chi connectivity index (χ0n) is 19.0. The fourth-order valence-electron chi connectivity index (χ4n) is 3.41. The largest absolute Gasteiger partial charge is 0.332 e. The van der Waals surface area contributed by atoms with Gasteiger partial charge in [-0.25, -0.2) is 0 Å². The molecule has 4 nitrogen and oxygen atoms in total. The van der Waals surface area contributed by atoms with E-state index in [4.69, 9.17) is 23.8 Å². The van der Waals surface area contributed by atoms with Crippen molar-refractivity contribution in [3.05, 3.63) is 119 Å². The number of para-hydroxylation sites is 1. The van der Waals surface area contributed by atoms with Crippen LogP contribution < -0.4 is 16.0 Å². The summed E-state index contributed by atoms with van der Waals surface area (Å²) in [6.07, 6.45) is 0. The van der Waals surface area contributed by atoms with E-state index in [0.29, 0.717) is 15.8 Å². The number of nitrogens with one attached hydrogen (secondary N) is 3. The van der Waals surface area contributed by atoms with Crippen LogP contribution in [0.15, 0.2) is 108 Å². The molecule has 35 heavy (non-hydrogen) atoms. The van der Waals surface area contributed by atoms with Crippen LogP contribution in [0.4, 0.5) is 17.1 Å². The van der Waals surface area contributed by atoms with Crippen molar-refractivity contribution in [3.63, 3.8) is 0 Å². The first-order chi connectivity index (χ1) is 17.0. The van der Waals surface area contributed by atoms with Crippen molar-refractivity contribution in [1.29, 1.82) is 0 Å². The molecule has 4 aromatic carbocycles. The Balaban J connectivity index is 1.46. The van der Waals surface area contributed by atoms with Crippen LogP contribution in [0.3, 0.4) is 0 Å². The van der Waals surface area contributed by atoms with Crippen molar-refractivity contribution in [2.75, 3.05) is 16.0 Å². The maximum absolute atomic E-state index is 13.4. The van der Waals surface area contributed by atoms with E-state index in [-0.39, 0.29) is 5.91 Å². The van der Waals surface area contributed by atoms with E-state index in [9.17, 15) is 4.79 Å². The van der Waals surface area contributed by atoms with Gasteiger partial charge in [-0.1, -0.05) is 66.2 Å². The van der Waals surface area contributed by atoms with Gasteiger partial charge in [-0.2, -0.15) is 0 Å². The average Bonchev–Trinajstić information content (AvgIpc) is 2.87. The second-order valence-electron chi connectivity index (χ2n) is 7.78. The Bertz CT molecular complexity index is 1300. The Morgan fingerprint density at radius 1 is 0.771 bits per heavy atom. The molecule has 0 heterocycles. The van der Waals surface area contributed by atoms with Gasteiger partial charge in [0.05, 0.1) is 0 Å². The van der Waals surface area contributed by atoms with E-state index in [1.54, 1.807) is 0 Å². The number of amides is 1. The maximum atomic E-state index is 13.4. The lowest BCUT2D eigenvalue weighted by Gasteiger charge is -2.18. The van der Waals surface area contributed by atoms with Gasteiger partial charge < -0.3 is 16.0 Å². The molecule has 0 radical (unpaired) electrons. The second kappa shape index (κ2) is 11.9. The summed E-state index contributed by atoms with van der Waals surface area (Å²) < 4.78 is 0. The molecule has 0 fully saturated rings. The number of carbonyl (C=O) groups is 1. The van der Waals surface area contributed by atoms with Crippen LogP contribution in [0.25, 0.3) is 0 Å². The van der Waals surface area contributed by atoms with E-state index in [1.165, 1.54) is 11.8 Å². The topological polar surface area (TPSA) is 53.2 Å². The van der Waals surface area contributed by atoms with Crippen LogP contribution >= 0.6 is 35.6 Å².